The molecule has 24 heavy (non-hydrogen) atoms. The summed E-state index contributed by atoms with van der Waals surface area (Å²) in [4.78, 5) is 5.68. The van der Waals surface area contributed by atoms with E-state index in [4.69, 9.17) is 7.85 Å². The lowest BCUT2D eigenvalue weighted by atomic mass is 9.93. The Hall–Kier alpha value is -1.74. The van der Waals surface area contributed by atoms with Crippen molar-refractivity contribution in [3.8, 4) is 0 Å². The Morgan fingerprint density at radius 3 is 2.88 bits per heavy atom. The van der Waals surface area contributed by atoms with E-state index in [1.54, 1.807) is 12.1 Å². The summed E-state index contributed by atoms with van der Waals surface area (Å²) in [5.74, 6) is 0. The topological polar surface area (TPSA) is 48.4 Å². The van der Waals surface area contributed by atoms with E-state index in [-0.39, 0.29) is 17.8 Å². The summed E-state index contributed by atoms with van der Waals surface area (Å²) in [6, 6.07) is 5.36. The summed E-state index contributed by atoms with van der Waals surface area (Å²) in [5.41, 5.74) is 1.35. The highest BCUT2D eigenvalue weighted by atomic mass is 32.1. The Morgan fingerprint density at radius 2 is 2.21 bits per heavy atom. The van der Waals surface area contributed by atoms with Crippen LogP contribution in [0.15, 0.2) is 23.6 Å². The van der Waals surface area contributed by atoms with Crippen LogP contribution in [0.4, 0.5) is 24.0 Å². The summed E-state index contributed by atoms with van der Waals surface area (Å²) in [6.07, 6.45) is -3.64. The van der Waals surface area contributed by atoms with Gasteiger partial charge in [-0.25, -0.2) is 4.98 Å². The third-order valence-electron chi connectivity index (χ3n) is 3.93. The second-order valence-electron chi connectivity index (χ2n) is 5.66. The lowest BCUT2D eigenvalue weighted by molar-refractivity contribution is -0.140. The maximum atomic E-state index is 12.6. The van der Waals surface area contributed by atoms with Crippen molar-refractivity contribution in [2.45, 2.75) is 25.2 Å². The fraction of sp³-hybridized carbons (Fsp3) is 0.400. The molecule has 1 aromatic heterocycles. The molecule has 3 rings (SSSR count). The first-order chi connectivity index (χ1) is 11.4. The van der Waals surface area contributed by atoms with Gasteiger partial charge in [-0.15, -0.1) is 11.3 Å². The number of alkyl halides is 3. The predicted octanol–water partition coefficient (Wildman–Crippen LogP) is 2.14. The number of aromatic nitrogens is 1. The van der Waals surface area contributed by atoms with E-state index >= 15 is 0 Å². The van der Waals surface area contributed by atoms with Crippen molar-refractivity contribution in [1.29, 1.82) is 0 Å². The van der Waals surface area contributed by atoms with E-state index in [1.165, 1.54) is 0 Å². The van der Waals surface area contributed by atoms with Crippen LogP contribution in [0.3, 0.4) is 0 Å². The SMILES string of the molecule is [B]c1ccc(N2CC[C@H](Nc3nc(C(F)(F)F)cs3)C2)c(CO)c1. The molecule has 0 bridgehead atoms. The van der Waals surface area contributed by atoms with Crippen molar-refractivity contribution in [3.05, 3.63) is 34.8 Å². The quantitative estimate of drug-likeness (QED) is 0.827. The van der Waals surface area contributed by atoms with Crippen molar-refractivity contribution in [2.75, 3.05) is 23.3 Å². The largest absolute Gasteiger partial charge is 0.434 e. The van der Waals surface area contributed by atoms with Crippen LogP contribution in [0.25, 0.3) is 0 Å². The molecule has 2 heterocycles. The maximum absolute atomic E-state index is 12.6. The zero-order valence-electron chi connectivity index (χ0n) is 12.7. The lowest BCUT2D eigenvalue weighted by Gasteiger charge is -2.22. The number of thiazole rings is 1. The molecule has 0 aliphatic carbocycles. The molecule has 0 saturated carbocycles. The van der Waals surface area contributed by atoms with Crippen molar-refractivity contribution in [3.63, 3.8) is 0 Å². The van der Waals surface area contributed by atoms with Gasteiger partial charge < -0.3 is 15.3 Å². The van der Waals surface area contributed by atoms with Gasteiger partial charge in [0.05, 0.1) is 6.61 Å². The summed E-state index contributed by atoms with van der Waals surface area (Å²) in [6.45, 7) is 1.25. The van der Waals surface area contributed by atoms with Crippen LogP contribution in [-0.2, 0) is 12.8 Å². The van der Waals surface area contributed by atoms with E-state index in [1.807, 2.05) is 6.07 Å². The van der Waals surface area contributed by atoms with Gasteiger partial charge in [-0.2, -0.15) is 13.2 Å². The molecule has 2 radical (unpaired) electrons. The number of nitrogens with zero attached hydrogens (tertiary/aromatic N) is 2. The third-order valence-corrected chi connectivity index (χ3v) is 4.70. The number of aliphatic hydroxyl groups is 1. The van der Waals surface area contributed by atoms with Crippen LogP contribution in [0.2, 0.25) is 0 Å². The van der Waals surface area contributed by atoms with E-state index in [2.05, 4.69) is 15.2 Å². The van der Waals surface area contributed by atoms with E-state index in [9.17, 15) is 18.3 Å². The van der Waals surface area contributed by atoms with Gasteiger partial charge in [0, 0.05) is 35.8 Å². The summed E-state index contributed by atoms with van der Waals surface area (Å²) in [7, 11) is 5.73. The highest BCUT2D eigenvalue weighted by Crippen LogP contribution is 2.32. The number of nitrogens with one attached hydrogen (secondary N) is 1. The highest BCUT2D eigenvalue weighted by molar-refractivity contribution is 7.13. The molecule has 1 aliphatic heterocycles. The molecule has 126 valence electrons. The summed E-state index contributed by atoms with van der Waals surface area (Å²) < 4.78 is 37.8. The molecule has 2 aromatic rings. The van der Waals surface area contributed by atoms with Crippen LogP contribution in [0, 0.1) is 0 Å². The first-order valence-corrected chi connectivity index (χ1v) is 8.28. The van der Waals surface area contributed by atoms with Crippen molar-refractivity contribution >= 4 is 35.5 Å². The van der Waals surface area contributed by atoms with E-state index in [0.29, 0.717) is 12.0 Å². The standard InChI is InChI=1S/C15H15BF3N3OS/c16-10-1-2-12(9(5-10)7-23)22-4-3-11(6-22)20-14-21-13(8-24-14)15(17,18)19/h1-2,5,8,11,23H,3-4,6-7H2,(H,20,21)/t11-/m0/s1. The van der Waals surface area contributed by atoms with Crippen LogP contribution in [0.1, 0.15) is 17.7 Å². The number of anilines is 2. The number of hydrogen-bond acceptors (Lipinski definition) is 5. The zero-order chi connectivity index (χ0) is 17.3. The average molecular weight is 353 g/mol. The van der Waals surface area contributed by atoms with Gasteiger partial charge >= 0.3 is 6.18 Å². The third kappa shape index (κ3) is 3.67. The molecule has 2 N–H and O–H groups in total. The van der Waals surface area contributed by atoms with E-state index in [0.717, 1.165) is 40.9 Å². The lowest BCUT2D eigenvalue weighted by Crippen LogP contribution is -2.27. The molecular weight excluding hydrogens is 338 g/mol. The Morgan fingerprint density at radius 1 is 1.42 bits per heavy atom. The average Bonchev–Trinajstić information content (AvgIpc) is 3.16. The Kier molecular flexibility index (Phi) is 4.73. The molecule has 1 fully saturated rings. The minimum absolute atomic E-state index is 0.00123. The van der Waals surface area contributed by atoms with Crippen molar-refractivity contribution in [2.24, 2.45) is 0 Å². The smallest absolute Gasteiger partial charge is 0.392 e. The maximum Gasteiger partial charge on any atom is 0.434 e. The number of hydrogen-bond donors (Lipinski definition) is 2. The van der Waals surface area contributed by atoms with Crippen LogP contribution in [0.5, 0.6) is 0 Å². The zero-order valence-corrected chi connectivity index (χ0v) is 13.5. The number of benzene rings is 1. The second-order valence-corrected chi connectivity index (χ2v) is 6.52. The van der Waals surface area contributed by atoms with Gasteiger partial charge in [-0.05, 0) is 12.5 Å². The minimum atomic E-state index is -4.42. The fourth-order valence-corrected chi connectivity index (χ4v) is 3.58. The Labute approximate surface area is 142 Å². The Bertz CT molecular complexity index is 722. The Balaban J connectivity index is 1.67. The molecule has 0 spiro atoms. The predicted molar refractivity (Wildman–Crippen MR) is 89.1 cm³/mol. The number of aliphatic hydroxyl groups excluding tert-OH is 1. The molecule has 1 saturated heterocycles. The van der Waals surface area contributed by atoms with Crippen LogP contribution >= 0.6 is 11.3 Å². The number of halogens is 3. The molecule has 0 unspecified atom stereocenters. The first-order valence-electron chi connectivity index (χ1n) is 7.40. The minimum Gasteiger partial charge on any atom is -0.392 e. The molecule has 1 atom stereocenters. The number of rotatable bonds is 4. The summed E-state index contributed by atoms with van der Waals surface area (Å²) >= 11 is 0.953. The van der Waals surface area contributed by atoms with Crippen molar-refractivity contribution < 1.29 is 18.3 Å². The first kappa shape index (κ1) is 17.1. The molecular formula is C15H15BF3N3OS. The fourth-order valence-electron chi connectivity index (χ4n) is 2.78. The molecule has 1 aromatic carbocycles. The molecule has 0 amide bonds. The van der Waals surface area contributed by atoms with Gasteiger partial charge in [-0.3, -0.25) is 0 Å². The molecule has 4 nitrogen and oxygen atoms in total. The van der Waals surface area contributed by atoms with Gasteiger partial charge in [0.25, 0.3) is 0 Å². The van der Waals surface area contributed by atoms with Crippen LogP contribution < -0.4 is 15.7 Å². The molecule has 1 aliphatic rings. The van der Waals surface area contributed by atoms with Gasteiger partial charge in [0.1, 0.15) is 7.85 Å². The highest BCUT2D eigenvalue weighted by Gasteiger charge is 2.34. The van der Waals surface area contributed by atoms with Gasteiger partial charge in [-0.1, -0.05) is 17.6 Å². The summed E-state index contributed by atoms with van der Waals surface area (Å²) in [5, 5.41) is 13.8. The molecule has 9 heteroatoms. The van der Waals surface area contributed by atoms with Crippen LogP contribution in [-0.4, -0.2) is 37.1 Å². The van der Waals surface area contributed by atoms with E-state index < -0.39 is 11.9 Å². The van der Waals surface area contributed by atoms with Gasteiger partial charge in [0.15, 0.2) is 10.8 Å². The second kappa shape index (κ2) is 6.64. The monoisotopic (exact) mass is 353 g/mol. The van der Waals surface area contributed by atoms with Gasteiger partial charge in [0.2, 0.25) is 0 Å². The van der Waals surface area contributed by atoms with Crippen molar-refractivity contribution in [1.82, 2.24) is 4.98 Å². The normalized spacial score (nSPS) is 18.2.